The van der Waals surface area contributed by atoms with Crippen LogP contribution in [-0.4, -0.2) is 11.9 Å². The zero-order valence-corrected chi connectivity index (χ0v) is 4.27. The molecule has 41 valence electrons. The highest BCUT2D eigenvalue weighted by molar-refractivity contribution is 5.73. The van der Waals surface area contributed by atoms with Crippen molar-refractivity contribution in [1.82, 2.24) is 5.73 Å². The number of nitrogens with one attached hydrogen (secondary N) is 1. The van der Waals surface area contributed by atoms with Crippen LogP contribution in [0, 0.1) is 0 Å². The van der Waals surface area contributed by atoms with Crippen LogP contribution < -0.4 is 11.5 Å². The Morgan fingerprint density at radius 3 is 2.43 bits per heavy atom. The van der Waals surface area contributed by atoms with E-state index in [1.54, 1.807) is 6.92 Å². The van der Waals surface area contributed by atoms with E-state index in [0.29, 0.717) is 0 Å². The molecule has 7 heavy (non-hydrogen) atoms. The van der Waals surface area contributed by atoms with Gasteiger partial charge >= 0.3 is 0 Å². The molecule has 3 heteroatoms. The van der Waals surface area contributed by atoms with Gasteiger partial charge in [-0.15, -0.1) is 0 Å². The summed E-state index contributed by atoms with van der Waals surface area (Å²) in [5.41, 5.74) is 11.5. The zero-order valence-electron chi connectivity index (χ0n) is 4.27. The minimum atomic E-state index is -0.588. The molecule has 0 spiro atoms. The topological polar surface area (TPSA) is 66.9 Å². The molecule has 3 nitrogen and oxygen atoms in total. The smallest absolute Gasteiger partial charge is 0.239 e. The molecular weight excluding hydrogens is 92.1 g/mol. The summed E-state index contributed by atoms with van der Waals surface area (Å²) in [7, 11) is 0. The molecule has 0 saturated heterocycles. The number of rotatable bonds is 2. The molecule has 1 amide bonds. The normalized spacial score (nSPS) is 13.4. The van der Waals surface area contributed by atoms with Crippen molar-refractivity contribution in [1.29, 1.82) is 0 Å². The van der Waals surface area contributed by atoms with E-state index in [-0.39, 0.29) is 12.5 Å². The average molecular weight is 101 g/mol. The predicted octanol–water partition coefficient (Wildman–Crippen LogP) is -0.467. The van der Waals surface area contributed by atoms with Gasteiger partial charge in [0.2, 0.25) is 5.91 Å². The van der Waals surface area contributed by atoms with Crippen molar-refractivity contribution < 1.29 is 4.79 Å². The highest BCUT2D eigenvalue weighted by Crippen LogP contribution is 1.81. The van der Waals surface area contributed by atoms with E-state index in [1.807, 2.05) is 0 Å². The number of carbonyl (C=O) groups excluding carboxylic acids is 1. The maximum Gasteiger partial charge on any atom is 0.239 e. The Bertz CT molecular complexity index is 70.1. The molecule has 0 fully saturated rings. The fourth-order valence-corrected chi connectivity index (χ4v) is 0.292. The third kappa shape index (κ3) is 5.43. The molecule has 0 saturated carbocycles. The van der Waals surface area contributed by atoms with Gasteiger partial charge in [0.15, 0.2) is 0 Å². The fourth-order valence-electron chi connectivity index (χ4n) is 0.292. The van der Waals surface area contributed by atoms with Crippen LogP contribution in [0.15, 0.2) is 0 Å². The number of nitrogens with two attached hydrogens (primary N) is 1. The second kappa shape index (κ2) is 2.58. The van der Waals surface area contributed by atoms with E-state index >= 15 is 0 Å². The summed E-state index contributed by atoms with van der Waals surface area (Å²) in [6, 6.07) is -0.162. The fraction of sp³-hybridized carbons (Fsp3) is 0.750. The van der Waals surface area contributed by atoms with Crippen LogP contribution in [0.25, 0.3) is 0 Å². The molecule has 0 aromatic heterocycles. The first-order valence-electron chi connectivity index (χ1n) is 2.13. The van der Waals surface area contributed by atoms with Gasteiger partial charge in [-0.3, -0.25) is 10.5 Å². The third-order valence-corrected chi connectivity index (χ3v) is 0.507. The minimum Gasteiger partial charge on any atom is -0.327 e. The second-order valence-electron chi connectivity index (χ2n) is 1.60. The Kier molecular flexibility index (Phi) is 2.37. The molecule has 0 aliphatic carbocycles. The van der Waals surface area contributed by atoms with Gasteiger partial charge in [0.25, 0.3) is 0 Å². The molecule has 0 aliphatic rings. The molecular formula is C4H9N2O. The van der Waals surface area contributed by atoms with E-state index in [4.69, 9.17) is 11.5 Å². The highest BCUT2D eigenvalue weighted by atomic mass is 16.1. The van der Waals surface area contributed by atoms with Crippen LogP contribution in [0.3, 0.4) is 0 Å². The van der Waals surface area contributed by atoms with Crippen LogP contribution in [0.2, 0.25) is 0 Å². The summed E-state index contributed by atoms with van der Waals surface area (Å²) in [5, 5.41) is 0. The van der Waals surface area contributed by atoms with E-state index in [0.717, 1.165) is 0 Å². The first kappa shape index (κ1) is 6.43. The van der Waals surface area contributed by atoms with E-state index < -0.39 is 5.91 Å². The largest absolute Gasteiger partial charge is 0.327 e. The number of carbonyl (C=O) groups is 1. The monoisotopic (exact) mass is 101 g/mol. The van der Waals surface area contributed by atoms with Crippen molar-refractivity contribution in [2.24, 2.45) is 5.73 Å². The molecule has 1 atom stereocenters. The SMILES string of the molecule is C[C@H](N)CC([NH])=O. The van der Waals surface area contributed by atoms with Crippen molar-refractivity contribution in [2.75, 3.05) is 0 Å². The van der Waals surface area contributed by atoms with Gasteiger partial charge in [-0.25, -0.2) is 0 Å². The molecule has 1 radical (unpaired) electrons. The second-order valence-corrected chi connectivity index (χ2v) is 1.60. The van der Waals surface area contributed by atoms with Crippen molar-refractivity contribution in [3.8, 4) is 0 Å². The van der Waals surface area contributed by atoms with Gasteiger partial charge in [0, 0.05) is 12.5 Å². The van der Waals surface area contributed by atoms with Crippen LogP contribution >= 0.6 is 0 Å². The first-order valence-corrected chi connectivity index (χ1v) is 2.13. The third-order valence-electron chi connectivity index (χ3n) is 0.507. The van der Waals surface area contributed by atoms with Gasteiger partial charge < -0.3 is 5.73 Å². The Morgan fingerprint density at radius 1 is 2.00 bits per heavy atom. The van der Waals surface area contributed by atoms with Gasteiger partial charge in [0.05, 0.1) is 0 Å². The number of amides is 1. The molecule has 0 rings (SSSR count). The summed E-state index contributed by atoms with van der Waals surface area (Å²) < 4.78 is 0. The molecule has 3 N–H and O–H groups in total. The Balaban J connectivity index is 3.13. The van der Waals surface area contributed by atoms with Gasteiger partial charge in [0.1, 0.15) is 0 Å². The standard InChI is InChI=1S/C4H9N2O/c1-3(5)2-4(6)7/h3,6H,2,5H2,1H3/t3-/m0/s1. The number of hydrogen-bond acceptors (Lipinski definition) is 2. The molecule has 0 aromatic carbocycles. The van der Waals surface area contributed by atoms with Crippen molar-refractivity contribution in [3.63, 3.8) is 0 Å². The highest BCUT2D eigenvalue weighted by Gasteiger charge is 1.97. The molecule has 0 aliphatic heterocycles. The van der Waals surface area contributed by atoms with Crippen LogP contribution in [0.5, 0.6) is 0 Å². The summed E-state index contributed by atoms with van der Waals surface area (Å²) in [5.74, 6) is -0.588. The maximum absolute atomic E-state index is 9.84. The summed E-state index contributed by atoms with van der Waals surface area (Å²) in [6.07, 6.45) is 0.167. The molecule has 0 aromatic rings. The van der Waals surface area contributed by atoms with Gasteiger partial charge in [-0.1, -0.05) is 0 Å². The zero-order chi connectivity index (χ0) is 5.86. The Hall–Kier alpha value is -0.570. The van der Waals surface area contributed by atoms with Crippen LogP contribution in [-0.2, 0) is 4.79 Å². The first-order chi connectivity index (χ1) is 3.13. The van der Waals surface area contributed by atoms with E-state index in [1.165, 1.54) is 0 Å². The minimum absolute atomic E-state index is 0.162. The average Bonchev–Trinajstić information content (AvgIpc) is 1.27. The Labute approximate surface area is 42.7 Å². The van der Waals surface area contributed by atoms with Crippen LogP contribution in [0.1, 0.15) is 13.3 Å². The van der Waals surface area contributed by atoms with Crippen LogP contribution in [0.4, 0.5) is 0 Å². The lowest BCUT2D eigenvalue weighted by Gasteiger charge is -1.95. The quantitative estimate of drug-likeness (QED) is 0.511. The van der Waals surface area contributed by atoms with E-state index in [9.17, 15) is 4.79 Å². The summed E-state index contributed by atoms with van der Waals surface area (Å²) in [4.78, 5) is 9.84. The summed E-state index contributed by atoms with van der Waals surface area (Å²) in [6.45, 7) is 1.70. The van der Waals surface area contributed by atoms with Crippen molar-refractivity contribution in [2.45, 2.75) is 19.4 Å². The molecule has 0 heterocycles. The van der Waals surface area contributed by atoms with Crippen molar-refractivity contribution in [3.05, 3.63) is 0 Å². The molecule has 0 bridgehead atoms. The Morgan fingerprint density at radius 2 is 2.43 bits per heavy atom. The van der Waals surface area contributed by atoms with E-state index in [2.05, 4.69) is 0 Å². The van der Waals surface area contributed by atoms with Gasteiger partial charge in [-0.05, 0) is 6.92 Å². The lowest BCUT2D eigenvalue weighted by molar-refractivity contribution is -0.118. The number of hydrogen-bond donors (Lipinski definition) is 1. The lowest BCUT2D eigenvalue weighted by atomic mass is 10.2. The lowest BCUT2D eigenvalue weighted by Crippen LogP contribution is -2.19. The van der Waals surface area contributed by atoms with Crippen molar-refractivity contribution >= 4 is 5.91 Å². The molecule has 0 unspecified atom stereocenters. The maximum atomic E-state index is 9.84. The van der Waals surface area contributed by atoms with Gasteiger partial charge in [-0.2, -0.15) is 0 Å². The predicted molar refractivity (Wildman–Crippen MR) is 26.4 cm³/mol. The summed E-state index contributed by atoms with van der Waals surface area (Å²) >= 11 is 0.